The van der Waals surface area contributed by atoms with Gasteiger partial charge in [0.1, 0.15) is 17.1 Å². The number of aromatic nitrogens is 3. The Morgan fingerprint density at radius 2 is 0.979 bits per heavy atom. The van der Waals surface area contributed by atoms with Crippen LogP contribution in [0.4, 0.5) is 0 Å². The van der Waals surface area contributed by atoms with Crippen LogP contribution in [0, 0.1) is 0 Å². The summed E-state index contributed by atoms with van der Waals surface area (Å²) in [6.07, 6.45) is 0. The van der Waals surface area contributed by atoms with Gasteiger partial charge in [0.15, 0.2) is 23.2 Å². The number of furan rings is 1. The molecule has 1 aliphatic heterocycles. The van der Waals surface area contributed by atoms with Crippen LogP contribution in [-0.2, 0) is 5.41 Å². The number of ether oxygens (including phenoxy) is 1. The monoisotopic (exact) mass is 603 g/mol. The average Bonchev–Trinajstić information content (AvgIpc) is 3.71. The lowest BCUT2D eigenvalue weighted by Gasteiger charge is -2.39. The van der Waals surface area contributed by atoms with Crippen molar-refractivity contribution in [1.82, 2.24) is 15.0 Å². The van der Waals surface area contributed by atoms with E-state index in [1.54, 1.807) is 0 Å². The summed E-state index contributed by atoms with van der Waals surface area (Å²) in [7, 11) is 0. The van der Waals surface area contributed by atoms with E-state index in [1.165, 1.54) is 11.1 Å². The van der Waals surface area contributed by atoms with Crippen molar-refractivity contribution in [3.05, 3.63) is 174 Å². The van der Waals surface area contributed by atoms with E-state index >= 15 is 0 Å². The molecule has 6 aromatic carbocycles. The minimum atomic E-state index is -0.563. The molecule has 220 valence electrons. The van der Waals surface area contributed by atoms with Gasteiger partial charge in [0.25, 0.3) is 0 Å². The van der Waals surface area contributed by atoms with Crippen LogP contribution in [0.15, 0.2) is 156 Å². The first-order valence-electron chi connectivity index (χ1n) is 15.7. The predicted octanol–water partition coefficient (Wildman–Crippen LogP) is 10.1. The molecule has 0 radical (unpaired) electrons. The molecule has 5 nitrogen and oxygen atoms in total. The molecule has 10 rings (SSSR count). The Kier molecular flexibility index (Phi) is 5.43. The Morgan fingerprint density at radius 1 is 0.447 bits per heavy atom. The van der Waals surface area contributed by atoms with E-state index in [2.05, 4.69) is 72.8 Å². The topological polar surface area (TPSA) is 61.0 Å². The van der Waals surface area contributed by atoms with Crippen LogP contribution in [0.2, 0.25) is 0 Å². The smallest absolute Gasteiger partial charge is 0.199 e. The molecule has 0 atom stereocenters. The zero-order chi connectivity index (χ0) is 31.0. The summed E-state index contributed by atoms with van der Waals surface area (Å²) in [6, 6.07) is 51.9. The Balaban J connectivity index is 1.24. The fourth-order valence-corrected chi connectivity index (χ4v) is 7.46. The molecule has 47 heavy (non-hydrogen) atoms. The molecular weight excluding hydrogens is 578 g/mol. The van der Waals surface area contributed by atoms with Crippen LogP contribution in [-0.4, -0.2) is 15.0 Å². The summed E-state index contributed by atoms with van der Waals surface area (Å²) in [5.74, 6) is 4.00. The number of benzene rings is 6. The number of nitrogens with zero attached hydrogens (tertiary/aromatic N) is 3. The predicted molar refractivity (Wildman–Crippen MR) is 183 cm³/mol. The molecule has 0 saturated carbocycles. The third-order valence-corrected chi connectivity index (χ3v) is 9.41. The third-order valence-electron chi connectivity index (χ3n) is 9.41. The highest BCUT2D eigenvalue weighted by Gasteiger charge is 2.51. The van der Waals surface area contributed by atoms with Crippen LogP contribution in [0.5, 0.6) is 11.5 Å². The van der Waals surface area contributed by atoms with Gasteiger partial charge in [-0.05, 0) is 34.9 Å². The maximum Gasteiger partial charge on any atom is 0.199 e. The maximum atomic E-state index is 6.86. The summed E-state index contributed by atoms with van der Waals surface area (Å²) in [4.78, 5) is 14.8. The van der Waals surface area contributed by atoms with E-state index < -0.39 is 5.41 Å². The zero-order valence-electron chi connectivity index (χ0n) is 25.1. The second-order valence-electron chi connectivity index (χ2n) is 11.9. The van der Waals surface area contributed by atoms with Gasteiger partial charge in [-0.1, -0.05) is 133 Å². The highest BCUT2D eigenvalue weighted by molar-refractivity contribution is 6.03. The van der Waals surface area contributed by atoms with Gasteiger partial charge in [-0.3, -0.25) is 0 Å². The molecule has 0 bridgehead atoms. The van der Waals surface area contributed by atoms with Crippen molar-refractivity contribution in [2.24, 2.45) is 0 Å². The van der Waals surface area contributed by atoms with Crippen LogP contribution >= 0.6 is 0 Å². The SMILES string of the molecule is c1ccc(-c2nc(-c3ccccc3)nc(-c3cc4ccc5c(c4o3)-c3ccccc3C53c4ccccc4Oc4ccccc43)n2)cc1. The molecule has 0 N–H and O–H groups in total. The van der Waals surface area contributed by atoms with E-state index in [4.69, 9.17) is 24.1 Å². The molecule has 1 spiro atoms. The first kappa shape index (κ1) is 25.9. The molecule has 0 amide bonds. The second kappa shape index (κ2) is 9.83. The fourth-order valence-electron chi connectivity index (χ4n) is 7.46. The number of hydrogen-bond donors (Lipinski definition) is 0. The fraction of sp³-hybridized carbons (Fsp3) is 0.0238. The number of fused-ring (bicyclic) bond motifs is 11. The summed E-state index contributed by atoms with van der Waals surface area (Å²) in [6.45, 7) is 0. The highest BCUT2D eigenvalue weighted by atomic mass is 16.5. The number of hydrogen-bond acceptors (Lipinski definition) is 5. The first-order chi connectivity index (χ1) is 23.3. The Hall–Kier alpha value is -6.33. The van der Waals surface area contributed by atoms with Gasteiger partial charge in [-0.25, -0.2) is 15.0 Å². The maximum absolute atomic E-state index is 6.86. The zero-order valence-corrected chi connectivity index (χ0v) is 25.1. The van der Waals surface area contributed by atoms with Crippen LogP contribution in [0.1, 0.15) is 22.3 Å². The standard InChI is InChI=1S/C42H25N3O2/c1-3-13-26(14-4-1)39-43-40(27-15-5-2-6-16-27)45-41(44-39)36-25-28-23-24-33-37(38(28)47-36)29-17-7-8-18-30(29)42(33)31-19-9-11-21-34(31)46-35-22-12-10-20-32(35)42/h1-25H. The van der Waals surface area contributed by atoms with Gasteiger partial charge in [0.2, 0.25) is 0 Å². The van der Waals surface area contributed by atoms with Gasteiger partial charge in [-0.15, -0.1) is 0 Å². The molecule has 3 heterocycles. The van der Waals surface area contributed by atoms with Crippen molar-refractivity contribution in [3.8, 4) is 57.0 Å². The van der Waals surface area contributed by atoms with E-state index in [1.807, 2.05) is 78.9 Å². The van der Waals surface area contributed by atoms with Crippen LogP contribution < -0.4 is 4.74 Å². The Morgan fingerprint density at radius 3 is 1.62 bits per heavy atom. The van der Waals surface area contributed by atoms with Crippen molar-refractivity contribution in [2.75, 3.05) is 0 Å². The molecule has 2 aromatic heterocycles. The van der Waals surface area contributed by atoms with Crippen molar-refractivity contribution >= 4 is 11.0 Å². The lowest BCUT2D eigenvalue weighted by Crippen LogP contribution is -2.32. The van der Waals surface area contributed by atoms with Gasteiger partial charge < -0.3 is 9.15 Å². The molecule has 8 aromatic rings. The minimum Gasteiger partial charge on any atom is -0.457 e. The molecule has 0 saturated heterocycles. The van der Waals surface area contributed by atoms with Crippen molar-refractivity contribution in [3.63, 3.8) is 0 Å². The third kappa shape index (κ3) is 3.68. The van der Waals surface area contributed by atoms with E-state index in [0.29, 0.717) is 23.2 Å². The number of para-hydroxylation sites is 2. The van der Waals surface area contributed by atoms with E-state index in [9.17, 15) is 0 Å². The van der Waals surface area contributed by atoms with Gasteiger partial charge >= 0.3 is 0 Å². The second-order valence-corrected chi connectivity index (χ2v) is 11.9. The Labute approximate surface area is 270 Å². The van der Waals surface area contributed by atoms with Crippen LogP contribution in [0.3, 0.4) is 0 Å². The quantitative estimate of drug-likeness (QED) is 0.201. The molecule has 2 aliphatic rings. The van der Waals surface area contributed by atoms with Crippen LogP contribution in [0.25, 0.3) is 56.5 Å². The van der Waals surface area contributed by atoms with Crippen molar-refractivity contribution in [2.45, 2.75) is 5.41 Å². The minimum absolute atomic E-state index is 0.491. The molecule has 0 unspecified atom stereocenters. The average molecular weight is 604 g/mol. The summed E-state index contributed by atoms with van der Waals surface area (Å²) < 4.78 is 13.4. The molecule has 1 aliphatic carbocycles. The van der Waals surface area contributed by atoms with E-state index in [-0.39, 0.29) is 0 Å². The van der Waals surface area contributed by atoms with Gasteiger partial charge in [-0.2, -0.15) is 0 Å². The van der Waals surface area contributed by atoms with Crippen molar-refractivity contribution < 1.29 is 9.15 Å². The summed E-state index contributed by atoms with van der Waals surface area (Å²) >= 11 is 0. The van der Waals surface area contributed by atoms with Gasteiger partial charge in [0.05, 0.1) is 5.41 Å². The number of rotatable bonds is 3. The summed E-state index contributed by atoms with van der Waals surface area (Å²) in [5, 5.41) is 0.988. The first-order valence-corrected chi connectivity index (χ1v) is 15.7. The molecular formula is C42H25N3O2. The largest absolute Gasteiger partial charge is 0.457 e. The normalized spacial score (nSPS) is 13.4. The molecule has 5 heteroatoms. The highest BCUT2D eigenvalue weighted by Crippen LogP contribution is 2.63. The molecule has 0 fully saturated rings. The lowest BCUT2D eigenvalue weighted by atomic mass is 9.66. The van der Waals surface area contributed by atoms with E-state index in [0.717, 1.165) is 55.8 Å². The lowest BCUT2D eigenvalue weighted by molar-refractivity contribution is 0.436. The Bertz CT molecular complexity index is 2400. The van der Waals surface area contributed by atoms with Gasteiger partial charge in [0, 0.05) is 33.2 Å². The summed E-state index contributed by atoms with van der Waals surface area (Å²) in [5.41, 5.74) is 8.92. The van der Waals surface area contributed by atoms with Crippen molar-refractivity contribution in [1.29, 1.82) is 0 Å².